The number of hydrogen-bond acceptors (Lipinski definition) is 4. The van der Waals surface area contributed by atoms with E-state index < -0.39 is 0 Å². The van der Waals surface area contributed by atoms with E-state index in [0.29, 0.717) is 26.3 Å². The highest BCUT2D eigenvalue weighted by Gasteiger charge is 2.31. The second-order valence-electron chi connectivity index (χ2n) is 7.96. The van der Waals surface area contributed by atoms with E-state index in [2.05, 4.69) is 28.2 Å². The quantitative estimate of drug-likeness (QED) is 0.126. The van der Waals surface area contributed by atoms with Gasteiger partial charge in [0.25, 0.3) is 0 Å². The Bertz CT molecular complexity index is 275. The van der Waals surface area contributed by atoms with E-state index in [1.807, 2.05) is 0 Å². The van der Waals surface area contributed by atoms with Crippen LogP contribution in [-0.2, 0) is 9.47 Å². The van der Waals surface area contributed by atoms with Gasteiger partial charge in [0, 0.05) is 27.4 Å². The summed E-state index contributed by atoms with van der Waals surface area (Å²) in [6.45, 7) is 3.68. The van der Waals surface area contributed by atoms with Crippen molar-refractivity contribution in [2.45, 2.75) is 142 Å². The molecule has 252 valence electrons. The largest absolute Gasteiger partial charge is 0.387 e. The zero-order chi connectivity index (χ0) is 17.9. The van der Waals surface area contributed by atoms with Crippen molar-refractivity contribution in [3.8, 4) is 0 Å². The number of nitrogens with zero attached hydrogens (tertiary/aromatic N) is 2. The molecule has 0 radical (unpaired) electrons. The molecule has 0 aliphatic heterocycles. The van der Waals surface area contributed by atoms with Gasteiger partial charge < -0.3 is 19.7 Å². The third-order valence-corrected chi connectivity index (χ3v) is 3.95. The lowest BCUT2D eigenvalue weighted by Crippen LogP contribution is -2.59. The highest BCUT2D eigenvalue weighted by atomic mass is 16.5. The zero-order valence-corrected chi connectivity index (χ0v) is 16.1. The molecule has 0 heterocycles. The molecule has 0 aliphatic rings. The van der Waals surface area contributed by atoms with Crippen LogP contribution in [0.25, 0.3) is 0 Å². The van der Waals surface area contributed by atoms with Crippen LogP contribution >= 0.6 is 0 Å². The first-order valence-corrected chi connectivity index (χ1v) is 8.60. The van der Waals surface area contributed by atoms with Crippen molar-refractivity contribution < 1.29 is 28.7 Å². The van der Waals surface area contributed by atoms with Crippen molar-refractivity contribution in [3.63, 3.8) is 0 Å². The van der Waals surface area contributed by atoms with Crippen LogP contribution in [0.1, 0.15) is 130 Å². The van der Waals surface area contributed by atoms with Crippen molar-refractivity contribution in [2.75, 3.05) is 75.4 Å². The molecule has 0 aromatic heterocycles. The summed E-state index contributed by atoms with van der Waals surface area (Å²) in [6.07, 6.45) is 2.67. The fraction of sp³-hybridized carbons (Fsp3) is 1.00. The molecule has 0 spiro atoms. The SMILES string of the molecule is C.C.C.C.C.C.C.C.C.C.C.C.C.C.COCCCC(O)C[N+](C)(C)C[N+](C)(C)CC(O)CCCOC. The van der Waals surface area contributed by atoms with Gasteiger partial charge in [-0.2, -0.15) is 0 Å². The van der Waals surface area contributed by atoms with Gasteiger partial charge in [-0.15, -0.1) is 0 Å². The van der Waals surface area contributed by atoms with E-state index in [-0.39, 0.29) is 116 Å². The number of hydrogen-bond donors (Lipinski definition) is 2. The summed E-state index contributed by atoms with van der Waals surface area (Å²) in [5.41, 5.74) is 0. The first kappa shape index (κ1) is 99.3. The van der Waals surface area contributed by atoms with Crippen LogP contribution in [0.2, 0.25) is 0 Å². The van der Waals surface area contributed by atoms with Gasteiger partial charge in [-0.25, -0.2) is 0 Å². The Balaban J connectivity index is -0.0000000266. The molecule has 0 aromatic carbocycles. The van der Waals surface area contributed by atoms with Crippen LogP contribution in [0.4, 0.5) is 0 Å². The lowest BCUT2D eigenvalue weighted by Gasteiger charge is -2.40. The summed E-state index contributed by atoms with van der Waals surface area (Å²) in [4.78, 5) is 0. The minimum atomic E-state index is -0.313. The zero-order valence-electron chi connectivity index (χ0n) is 16.1. The van der Waals surface area contributed by atoms with Gasteiger partial charge in [0.2, 0.25) is 6.67 Å². The average molecular weight is 561 g/mol. The molecule has 6 heteroatoms. The van der Waals surface area contributed by atoms with Crippen molar-refractivity contribution in [2.24, 2.45) is 0 Å². The van der Waals surface area contributed by atoms with Crippen LogP contribution in [-0.4, -0.2) is 107 Å². The van der Waals surface area contributed by atoms with E-state index in [9.17, 15) is 10.2 Å². The standard InChI is InChI=1S/C17H40N2O4.14CH4/c1-18(2,13-16(20)9-7-11-22-5)15-19(3,4)14-17(21)10-8-12-23-6;;;;;;;;;;;;;;/h16-17,20-21H,7-15H2,1-6H3;14*1H4/q+2;;;;;;;;;;;;;;. The number of ether oxygens (including phenoxy) is 2. The summed E-state index contributed by atoms with van der Waals surface area (Å²) in [7, 11) is 11.9. The Morgan fingerprint density at radius 2 is 0.703 bits per heavy atom. The predicted molar refractivity (Wildman–Crippen MR) is 187 cm³/mol. The van der Waals surface area contributed by atoms with Gasteiger partial charge in [0.05, 0.1) is 28.2 Å². The lowest BCUT2D eigenvalue weighted by molar-refractivity contribution is -1.07. The maximum atomic E-state index is 10.2. The summed E-state index contributed by atoms with van der Waals surface area (Å²) in [6, 6.07) is 0. The minimum absolute atomic E-state index is 0. The van der Waals surface area contributed by atoms with Gasteiger partial charge in [-0.3, -0.25) is 8.97 Å². The Hall–Kier alpha value is -0.240. The van der Waals surface area contributed by atoms with E-state index in [1.54, 1.807) is 14.2 Å². The van der Waals surface area contributed by atoms with E-state index >= 15 is 0 Å². The number of aliphatic hydroxyl groups is 2. The lowest BCUT2D eigenvalue weighted by atomic mass is 10.1. The molecule has 0 bridgehead atoms. The first-order valence-electron chi connectivity index (χ1n) is 8.60. The molecule has 0 saturated carbocycles. The molecule has 0 amide bonds. The van der Waals surface area contributed by atoms with E-state index in [4.69, 9.17) is 9.47 Å². The molecule has 6 nitrogen and oxygen atoms in total. The first-order chi connectivity index (χ1) is 10.6. The smallest absolute Gasteiger partial charge is 0.206 e. The van der Waals surface area contributed by atoms with Crippen molar-refractivity contribution in [1.82, 2.24) is 0 Å². The van der Waals surface area contributed by atoms with Crippen molar-refractivity contribution >= 4 is 0 Å². The number of likely N-dealkylation sites (N-methyl/N-ethyl adjacent to an activating group) is 2. The van der Waals surface area contributed by atoms with Gasteiger partial charge in [-0.1, -0.05) is 104 Å². The molecule has 0 saturated heterocycles. The second-order valence-corrected chi connectivity index (χ2v) is 7.96. The van der Waals surface area contributed by atoms with Gasteiger partial charge in [-0.05, 0) is 25.7 Å². The minimum Gasteiger partial charge on any atom is -0.387 e. The average Bonchev–Trinajstić information content (AvgIpc) is 2.36. The summed E-state index contributed by atoms with van der Waals surface area (Å²) < 4.78 is 11.5. The maximum absolute atomic E-state index is 10.2. The Morgan fingerprint density at radius 1 is 0.486 bits per heavy atom. The van der Waals surface area contributed by atoms with Crippen molar-refractivity contribution in [1.29, 1.82) is 0 Å². The Morgan fingerprint density at radius 3 is 0.892 bits per heavy atom. The Labute approximate surface area is 246 Å². The van der Waals surface area contributed by atoms with E-state index in [0.717, 1.165) is 41.3 Å². The van der Waals surface area contributed by atoms with Crippen LogP contribution in [0.3, 0.4) is 0 Å². The number of quaternary nitrogens is 2. The molecular weight excluding hydrogens is 464 g/mol. The van der Waals surface area contributed by atoms with Gasteiger partial charge in [0.1, 0.15) is 25.3 Å². The normalized spacial score (nSPS) is 9.73. The molecule has 2 N–H and O–H groups in total. The highest BCUT2D eigenvalue weighted by Crippen LogP contribution is 2.12. The molecule has 0 fully saturated rings. The Kier molecular flexibility index (Phi) is 140. The van der Waals surface area contributed by atoms with Crippen LogP contribution in [0.15, 0.2) is 0 Å². The summed E-state index contributed by atoms with van der Waals surface area (Å²) in [5, 5.41) is 20.4. The predicted octanol–water partition coefficient (Wildman–Crippen LogP) is 9.58. The molecule has 37 heavy (non-hydrogen) atoms. The molecular formula is C31H96N2O4+2. The number of rotatable bonds is 14. The fourth-order valence-corrected chi connectivity index (χ4v) is 3.40. The molecule has 0 aromatic rings. The van der Waals surface area contributed by atoms with Gasteiger partial charge in [0.15, 0.2) is 0 Å². The summed E-state index contributed by atoms with van der Waals surface area (Å²) in [5.74, 6) is 0. The topological polar surface area (TPSA) is 58.9 Å². The van der Waals surface area contributed by atoms with E-state index in [1.165, 1.54) is 0 Å². The summed E-state index contributed by atoms with van der Waals surface area (Å²) >= 11 is 0. The number of aliphatic hydroxyl groups excluding tert-OH is 2. The van der Waals surface area contributed by atoms with Gasteiger partial charge >= 0.3 is 0 Å². The molecule has 2 unspecified atom stereocenters. The van der Waals surface area contributed by atoms with Crippen LogP contribution < -0.4 is 0 Å². The highest BCUT2D eigenvalue weighted by molar-refractivity contribution is 4.55. The third-order valence-electron chi connectivity index (χ3n) is 3.95. The number of methoxy groups -OCH3 is 2. The third kappa shape index (κ3) is 61.4. The maximum Gasteiger partial charge on any atom is 0.206 e. The molecule has 0 rings (SSSR count). The fourth-order valence-electron chi connectivity index (χ4n) is 3.40. The monoisotopic (exact) mass is 561 g/mol. The van der Waals surface area contributed by atoms with Crippen LogP contribution in [0.5, 0.6) is 0 Å². The molecule has 0 aliphatic carbocycles. The molecule has 2 atom stereocenters. The second kappa shape index (κ2) is 52.2. The van der Waals surface area contributed by atoms with Crippen molar-refractivity contribution in [3.05, 3.63) is 0 Å². The van der Waals surface area contributed by atoms with Crippen LogP contribution in [0, 0.1) is 0 Å².